The van der Waals surface area contributed by atoms with Crippen molar-refractivity contribution in [1.82, 2.24) is 0 Å². The molecule has 0 radical (unpaired) electrons. The molecule has 0 spiro atoms. The van der Waals surface area contributed by atoms with Crippen LogP contribution in [0.1, 0.15) is 359 Å². The van der Waals surface area contributed by atoms with Gasteiger partial charge in [-0.3, -0.25) is 9.59 Å². The first-order chi connectivity index (χ1) is 54.3. The Balaban J connectivity index is -0.000000194. The number of carbonyl (C=O) groups excluding carboxylic acids is 2. The molecular weight excluding hydrogens is 1460 g/mol. The summed E-state index contributed by atoms with van der Waals surface area (Å²) in [7, 11) is 0. The predicted molar refractivity (Wildman–Crippen MR) is 538 cm³/mol. The highest BCUT2D eigenvalue weighted by molar-refractivity contribution is 5.87. The number of para-hydroxylation sites is 2. The summed E-state index contributed by atoms with van der Waals surface area (Å²) in [4.78, 5) is 23.6. The molecule has 119 heavy (non-hydrogen) atoms. The summed E-state index contributed by atoms with van der Waals surface area (Å²) in [6.45, 7) is 58.0. The van der Waals surface area contributed by atoms with Gasteiger partial charge in [-0.15, -0.1) is 0 Å². The fraction of sp³-hybridized carbons (Fsp3) is 0.446. The lowest BCUT2D eigenvalue weighted by Gasteiger charge is -2.20. The molecule has 7 heteroatoms. The largest absolute Gasteiger partial charge is 0.508 e. The number of phenols is 3. The second kappa shape index (κ2) is 73.7. The van der Waals surface area contributed by atoms with Crippen LogP contribution in [0.5, 0.6) is 28.7 Å². The lowest BCUT2D eigenvalue weighted by molar-refractivity contribution is -0.144. The Morgan fingerprint density at radius 1 is 0.277 bits per heavy atom. The molecule has 11 aromatic rings. The topological polar surface area (TPSA) is 113 Å². The predicted octanol–water partition coefficient (Wildman–Crippen LogP) is 36.8. The quantitative estimate of drug-likeness (QED) is 0.0579. The van der Waals surface area contributed by atoms with Gasteiger partial charge in [-0.25, -0.2) is 0 Å². The normalized spacial score (nSPS) is 11.0. The Bertz CT molecular complexity index is 4160. The Kier molecular flexibility index (Phi) is 77.5. The van der Waals surface area contributed by atoms with Gasteiger partial charge in [0.05, 0.1) is 10.8 Å². The van der Waals surface area contributed by atoms with Crippen LogP contribution < -0.4 is 9.47 Å². The summed E-state index contributed by atoms with van der Waals surface area (Å²) < 4.78 is 10.7. The van der Waals surface area contributed by atoms with Gasteiger partial charge >= 0.3 is 11.9 Å². The lowest BCUT2D eigenvalue weighted by Crippen LogP contribution is -2.28. The molecule has 0 saturated heterocycles. The molecule has 11 rings (SSSR count). The molecule has 3 N–H and O–H groups in total. The Hall–Kier alpha value is -9.46. The third kappa shape index (κ3) is 47.8. The number of carbonyl (C=O) groups is 2. The van der Waals surface area contributed by atoms with Crippen molar-refractivity contribution >= 4 is 44.3 Å². The molecule has 0 saturated carbocycles. The van der Waals surface area contributed by atoms with Crippen LogP contribution in [-0.4, -0.2) is 27.3 Å². The van der Waals surface area contributed by atoms with E-state index in [1.807, 2.05) is 220 Å². The first kappa shape index (κ1) is 125. The van der Waals surface area contributed by atoms with E-state index in [1.165, 1.54) is 68.6 Å². The van der Waals surface area contributed by atoms with Gasteiger partial charge in [0.15, 0.2) is 0 Å². The molecular formula is C112H176O7. The van der Waals surface area contributed by atoms with E-state index < -0.39 is 10.8 Å². The third-order valence-corrected chi connectivity index (χ3v) is 19.9. The van der Waals surface area contributed by atoms with Gasteiger partial charge in [-0.2, -0.15) is 0 Å². The van der Waals surface area contributed by atoms with Crippen LogP contribution in [0.25, 0.3) is 32.3 Å². The number of aromatic hydroxyl groups is 3. The van der Waals surface area contributed by atoms with Crippen LogP contribution in [0.3, 0.4) is 0 Å². The van der Waals surface area contributed by atoms with Gasteiger partial charge in [0.2, 0.25) is 0 Å². The molecule has 0 heterocycles. The molecule has 7 nitrogen and oxygen atoms in total. The van der Waals surface area contributed by atoms with Crippen molar-refractivity contribution in [3.63, 3.8) is 0 Å². The Morgan fingerprint density at radius 3 is 1.03 bits per heavy atom. The zero-order valence-corrected chi connectivity index (χ0v) is 75.4. The van der Waals surface area contributed by atoms with Crippen LogP contribution in [0.15, 0.2) is 261 Å². The number of rotatable bonds is 18. The van der Waals surface area contributed by atoms with Crippen molar-refractivity contribution in [2.24, 2.45) is 10.8 Å². The first-order valence-electron chi connectivity index (χ1n) is 42.6. The van der Waals surface area contributed by atoms with Crippen molar-refractivity contribution < 1.29 is 34.4 Å². The minimum Gasteiger partial charge on any atom is -0.508 e. The van der Waals surface area contributed by atoms with Crippen LogP contribution in [-0.2, 0) is 9.59 Å². The minimum atomic E-state index is -0.439. The van der Waals surface area contributed by atoms with E-state index >= 15 is 0 Å². The summed E-state index contributed by atoms with van der Waals surface area (Å²) in [5, 5.41) is 35.3. The van der Waals surface area contributed by atoms with E-state index in [9.17, 15) is 14.7 Å². The number of hydrogen-bond acceptors (Lipinski definition) is 7. The minimum absolute atomic E-state index is 0. The molecule has 0 fully saturated rings. The molecule has 0 aliphatic heterocycles. The van der Waals surface area contributed by atoms with Crippen molar-refractivity contribution in [2.45, 2.75) is 325 Å². The van der Waals surface area contributed by atoms with E-state index in [-0.39, 0.29) is 56.5 Å². The number of benzene rings is 11. The highest BCUT2D eigenvalue weighted by atomic mass is 16.5. The van der Waals surface area contributed by atoms with E-state index in [0.29, 0.717) is 64.3 Å². The Labute approximate surface area is 733 Å². The second-order valence-corrected chi connectivity index (χ2v) is 28.3. The average molecular weight is 1630 g/mol. The highest BCUT2D eigenvalue weighted by Crippen LogP contribution is 2.31. The molecule has 666 valence electrons. The van der Waals surface area contributed by atoms with Gasteiger partial charge in [-0.1, -0.05) is 417 Å². The third-order valence-electron chi connectivity index (χ3n) is 19.9. The monoisotopic (exact) mass is 1630 g/mol. The molecule has 0 amide bonds. The van der Waals surface area contributed by atoms with Gasteiger partial charge < -0.3 is 24.8 Å². The van der Waals surface area contributed by atoms with E-state index in [2.05, 4.69) is 198 Å². The molecule has 0 aliphatic rings. The molecule has 11 aromatic carbocycles. The smallest absolute Gasteiger partial charge is 0.316 e. The standard InChI is InChI=1S/C16H18O2.2C14H16.C12H16O2.3C10H14O.C10H14.5C2H6.6CH4/c1-4-16(2,3)15(17)18-14-10-9-12-7-5-6-8-13(12)11-14;1-3-11(2)13-10-6-8-12-7-4-5-9-14(12)13;1-3-11(2)13-9-8-12-6-4-5-7-14(12)10-13;1-4-12(2,3)11(13)14-10-8-6-5-7-9-10;1-3-8(2)9-4-6-10(11)7-5-9;1-3-8(2)9-5-4-6-10(11)7-9;1-3-8(2)9-6-4-5-7-10(9)11;1-3-9(2)10-7-5-4-6-8-10;5*1-2;;;;;;/h5-11H,4H2,1-3H3;2*4-11H,3H2,1-2H3;5-9H,4H2,1-3H3;3*4-8,11H,3H2,1-2H3;4-9H,3H2,1-2H3;5*1-2H3;6*1H4. The maximum Gasteiger partial charge on any atom is 0.316 e. The van der Waals surface area contributed by atoms with E-state index in [0.717, 1.165) is 48.4 Å². The van der Waals surface area contributed by atoms with Gasteiger partial charge in [-0.05, 0) is 235 Å². The number of hydrogen-bond donors (Lipinski definition) is 3. The SMILES string of the molecule is C.C.C.C.C.C.CC.CC.CC.CC.CC.CCC(C)(C)C(=O)Oc1ccc2ccccc2c1.CCC(C)(C)C(=O)Oc1ccccc1.CCC(C)c1ccc(O)cc1.CCC(C)c1ccc2ccccc2c1.CCC(C)c1cccc(O)c1.CCC(C)c1cccc2ccccc12.CCC(C)c1ccccc1.CCC(C)c1ccccc1O. The van der Waals surface area contributed by atoms with Crippen LogP contribution in [0.2, 0.25) is 0 Å². The second-order valence-electron chi connectivity index (χ2n) is 28.3. The summed E-state index contributed by atoms with van der Waals surface area (Å²) in [6.07, 6.45) is 8.50. The van der Waals surface area contributed by atoms with Crippen molar-refractivity contribution in [3.05, 3.63) is 294 Å². The molecule has 0 aromatic heterocycles. The summed E-state index contributed by atoms with van der Waals surface area (Å²) in [5.74, 6) is 5.61. The number of esters is 2. The maximum atomic E-state index is 12.0. The lowest BCUT2D eigenvalue weighted by atomic mass is 9.91. The Morgan fingerprint density at radius 2 is 0.588 bits per heavy atom. The number of ether oxygens (including phenoxy) is 2. The fourth-order valence-corrected chi connectivity index (χ4v) is 10.4. The van der Waals surface area contributed by atoms with Gasteiger partial charge in [0.1, 0.15) is 28.7 Å². The van der Waals surface area contributed by atoms with E-state index in [4.69, 9.17) is 19.7 Å². The highest BCUT2D eigenvalue weighted by Gasteiger charge is 2.28. The number of fused-ring (bicyclic) bond motifs is 3. The van der Waals surface area contributed by atoms with Gasteiger partial charge in [0, 0.05) is 0 Å². The fourth-order valence-electron chi connectivity index (χ4n) is 10.4. The number of phenolic OH excluding ortho intramolecular Hbond substituents is 3. The molecule has 6 atom stereocenters. The zero-order chi connectivity index (χ0) is 85.9. The molecule has 6 unspecified atom stereocenters. The van der Waals surface area contributed by atoms with Crippen molar-refractivity contribution in [1.29, 1.82) is 0 Å². The van der Waals surface area contributed by atoms with Gasteiger partial charge in [0.25, 0.3) is 0 Å². The van der Waals surface area contributed by atoms with Crippen LogP contribution in [0, 0.1) is 10.8 Å². The van der Waals surface area contributed by atoms with Crippen LogP contribution >= 0.6 is 0 Å². The average Bonchev–Trinajstić information content (AvgIpc) is 0.825. The first-order valence-corrected chi connectivity index (χ1v) is 42.6. The maximum absolute atomic E-state index is 12.0. The summed E-state index contributed by atoms with van der Waals surface area (Å²) >= 11 is 0. The zero-order valence-electron chi connectivity index (χ0n) is 75.4. The van der Waals surface area contributed by atoms with E-state index in [1.54, 1.807) is 36.4 Å². The summed E-state index contributed by atoms with van der Waals surface area (Å²) in [5.41, 5.74) is 7.09. The summed E-state index contributed by atoms with van der Waals surface area (Å²) in [6, 6.07) is 86.4. The molecule has 0 bridgehead atoms. The van der Waals surface area contributed by atoms with Crippen LogP contribution in [0.4, 0.5) is 0 Å². The van der Waals surface area contributed by atoms with Crippen molar-refractivity contribution in [2.75, 3.05) is 0 Å². The molecule has 0 aliphatic carbocycles. The van der Waals surface area contributed by atoms with Crippen molar-refractivity contribution in [3.8, 4) is 28.7 Å².